The van der Waals surface area contributed by atoms with E-state index in [9.17, 15) is 0 Å². The molecule has 0 saturated carbocycles. The Labute approximate surface area is 144 Å². The number of anilines is 4. The van der Waals surface area contributed by atoms with Crippen LogP contribution in [0.5, 0.6) is 0 Å². The lowest BCUT2D eigenvalue weighted by Gasteiger charge is -2.13. The number of rotatable bonds is 0. The number of ether oxygens (including phenoxy) is 1. The van der Waals surface area contributed by atoms with Crippen molar-refractivity contribution < 1.29 is 4.74 Å². The maximum atomic E-state index is 6.22. The first kappa shape index (κ1) is 14.9. The largest absolute Gasteiger partial charge is 0.372 e. The zero-order valence-corrected chi connectivity index (χ0v) is 13.5. The molecule has 0 amide bonds. The summed E-state index contributed by atoms with van der Waals surface area (Å²) >= 11 is 6.22. The third kappa shape index (κ3) is 3.32. The monoisotopic (exact) mass is 338 g/mol. The van der Waals surface area contributed by atoms with Gasteiger partial charge < -0.3 is 15.4 Å². The fourth-order valence-electron chi connectivity index (χ4n) is 2.55. The molecule has 5 nitrogen and oxygen atoms in total. The Morgan fingerprint density at radius 2 is 1.58 bits per heavy atom. The Balaban J connectivity index is 1.77. The molecule has 1 aliphatic rings. The van der Waals surface area contributed by atoms with Crippen LogP contribution >= 0.6 is 11.6 Å². The van der Waals surface area contributed by atoms with E-state index >= 15 is 0 Å². The van der Waals surface area contributed by atoms with Crippen LogP contribution < -0.4 is 10.6 Å². The normalized spacial score (nSPS) is 13.4. The van der Waals surface area contributed by atoms with E-state index < -0.39 is 0 Å². The van der Waals surface area contributed by atoms with E-state index in [1.54, 1.807) is 6.20 Å². The van der Waals surface area contributed by atoms with Crippen LogP contribution in [0.15, 0.2) is 54.7 Å². The van der Waals surface area contributed by atoms with Gasteiger partial charge in [0.1, 0.15) is 5.02 Å². The van der Waals surface area contributed by atoms with Crippen LogP contribution in [-0.4, -0.2) is 9.97 Å². The molecular formula is C18H15ClN4O. The first-order chi connectivity index (χ1) is 11.8. The van der Waals surface area contributed by atoms with Crippen LogP contribution in [0.25, 0.3) is 0 Å². The third-order valence-electron chi connectivity index (χ3n) is 3.65. The predicted molar refractivity (Wildman–Crippen MR) is 95.0 cm³/mol. The number of benzene rings is 2. The molecule has 6 bridgehead atoms. The van der Waals surface area contributed by atoms with Crippen molar-refractivity contribution in [2.75, 3.05) is 10.6 Å². The first-order valence-corrected chi connectivity index (χ1v) is 7.96. The second kappa shape index (κ2) is 6.47. The lowest BCUT2D eigenvalue weighted by Crippen LogP contribution is -2.03. The van der Waals surface area contributed by atoms with Crippen molar-refractivity contribution in [2.45, 2.75) is 13.2 Å². The minimum atomic E-state index is 0.461. The van der Waals surface area contributed by atoms with Gasteiger partial charge >= 0.3 is 0 Å². The molecule has 1 aromatic heterocycles. The molecular weight excluding hydrogens is 324 g/mol. The van der Waals surface area contributed by atoms with Crippen LogP contribution in [0.3, 0.4) is 0 Å². The molecule has 24 heavy (non-hydrogen) atoms. The number of aromatic nitrogens is 2. The molecule has 0 spiro atoms. The van der Waals surface area contributed by atoms with Gasteiger partial charge in [0.2, 0.25) is 5.95 Å². The molecule has 6 heteroatoms. The summed E-state index contributed by atoms with van der Waals surface area (Å²) in [6.45, 7) is 1.08. The van der Waals surface area contributed by atoms with Gasteiger partial charge in [-0.25, -0.2) is 4.98 Å². The second-order valence-electron chi connectivity index (χ2n) is 5.53. The van der Waals surface area contributed by atoms with Gasteiger partial charge in [0.15, 0.2) is 5.82 Å². The molecule has 0 fully saturated rings. The zero-order chi connectivity index (χ0) is 16.4. The van der Waals surface area contributed by atoms with E-state index in [0.717, 1.165) is 22.5 Å². The van der Waals surface area contributed by atoms with Crippen molar-refractivity contribution in [3.8, 4) is 0 Å². The predicted octanol–water partition coefficient (Wildman–Crippen LogP) is 4.65. The molecule has 0 atom stereocenters. The highest BCUT2D eigenvalue weighted by Gasteiger charge is 2.08. The molecule has 2 N–H and O–H groups in total. The molecule has 0 saturated heterocycles. The highest BCUT2D eigenvalue weighted by atomic mass is 35.5. The van der Waals surface area contributed by atoms with Gasteiger partial charge in [-0.05, 0) is 35.4 Å². The Bertz CT molecular complexity index is 884. The number of hydrogen-bond donors (Lipinski definition) is 2. The van der Waals surface area contributed by atoms with Crippen LogP contribution in [0.2, 0.25) is 5.02 Å². The number of fused-ring (bicyclic) bond motifs is 6. The fraction of sp³-hybridized carbons (Fsp3) is 0.111. The molecule has 2 aromatic carbocycles. The molecule has 0 unspecified atom stereocenters. The van der Waals surface area contributed by atoms with E-state index in [4.69, 9.17) is 16.3 Å². The highest BCUT2D eigenvalue weighted by Crippen LogP contribution is 2.26. The smallest absolute Gasteiger partial charge is 0.229 e. The van der Waals surface area contributed by atoms with Crippen molar-refractivity contribution in [3.63, 3.8) is 0 Å². The summed E-state index contributed by atoms with van der Waals surface area (Å²) in [7, 11) is 0. The highest BCUT2D eigenvalue weighted by molar-refractivity contribution is 6.32. The standard InChI is InChI=1S/C18H15ClN4O/c19-16-9-20-18-22-15-6-2-4-13(8-15)11-24-10-12-3-1-5-14(7-12)21-17(16)23-18/h1-9H,10-11H2,(H2,20,21,22,23). The summed E-state index contributed by atoms with van der Waals surface area (Å²) in [6.07, 6.45) is 1.59. The van der Waals surface area contributed by atoms with E-state index in [-0.39, 0.29) is 0 Å². The summed E-state index contributed by atoms with van der Waals surface area (Å²) in [5.41, 5.74) is 3.97. The lowest BCUT2D eigenvalue weighted by molar-refractivity contribution is 0.107. The summed E-state index contributed by atoms with van der Waals surface area (Å²) < 4.78 is 5.82. The zero-order valence-electron chi connectivity index (χ0n) is 12.8. The number of hydrogen-bond acceptors (Lipinski definition) is 5. The number of nitrogens with one attached hydrogen (secondary N) is 2. The minimum absolute atomic E-state index is 0.461. The van der Waals surface area contributed by atoms with Crippen molar-refractivity contribution in [1.29, 1.82) is 0 Å². The van der Waals surface area contributed by atoms with E-state index in [1.807, 2.05) is 48.5 Å². The quantitative estimate of drug-likeness (QED) is 0.625. The minimum Gasteiger partial charge on any atom is -0.372 e. The van der Waals surface area contributed by atoms with Crippen LogP contribution in [0.1, 0.15) is 11.1 Å². The summed E-state index contributed by atoms with van der Waals surface area (Å²) in [4.78, 5) is 8.71. The molecule has 2 heterocycles. The van der Waals surface area contributed by atoms with Gasteiger partial charge in [-0.2, -0.15) is 4.98 Å². The fourth-order valence-corrected chi connectivity index (χ4v) is 2.68. The van der Waals surface area contributed by atoms with Crippen LogP contribution in [-0.2, 0) is 18.0 Å². The van der Waals surface area contributed by atoms with E-state index in [0.29, 0.717) is 30.0 Å². The van der Waals surface area contributed by atoms with Crippen molar-refractivity contribution in [3.05, 3.63) is 70.9 Å². The Morgan fingerprint density at radius 3 is 2.29 bits per heavy atom. The molecule has 4 rings (SSSR count). The second-order valence-corrected chi connectivity index (χ2v) is 5.94. The van der Waals surface area contributed by atoms with E-state index in [1.165, 1.54) is 0 Å². The topological polar surface area (TPSA) is 59.1 Å². The first-order valence-electron chi connectivity index (χ1n) is 7.58. The summed E-state index contributed by atoms with van der Waals surface area (Å²) in [5.74, 6) is 1.04. The van der Waals surface area contributed by atoms with Crippen LogP contribution in [0, 0.1) is 0 Å². The van der Waals surface area contributed by atoms with Gasteiger partial charge in [0.05, 0.1) is 19.4 Å². The Hall–Kier alpha value is -2.63. The van der Waals surface area contributed by atoms with Crippen molar-refractivity contribution in [1.82, 2.24) is 9.97 Å². The molecule has 0 aliphatic carbocycles. The summed E-state index contributed by atoms with van der Waals surface area (Å²) in [6, 6.07) is 16.0. The summed E-state index contributed by atoms with van der Waals surface area (Å²) in [5, 5.41) is 6.89. The van der Waals surface area contributed by atoms with E-state index in [2.05, 4.69) is 20.6 Å². The maximum absolute atomic E-state index is 6.22. The van der Waals surface area contributed by atoms with Gasteiger partial charge in [0.25, 0.3) is 0 Å². The Kier molecular flexibility index (Phi) is 4.02. The van der Waals surface area contributed by atoms with Crippen molar-refractivity contribution >= 4 is 34.7 Å². The molecule has 0 radical (unpaired) electrons. The Morgan fingerprint density at radius 1 is 0.917 bits per heavy atom. The average Bonchev–Trinajstić information content (AvgIpc) is 2.58. The van der Waals surface area contributed by atoms with Gasteiger partial charge in [0, 0.05) is 11.4 Å². The molecule has 120 valence electrons. The number of halogens is 1. The van der Waals surface area contributed by atoms with Gasteiger partial charge in [-0.15, -0.1) is 0 Å². The van der Waals surface area contributed by atoms with Gasteiger partial charge in [-0.1, -0.05) is 35.9 Å². The number of nitrogens with zero attached hydrogens (tertiary/aromatic N) is 2. The lowest BCUT2D eigenvalue weighted by atomic mass is 10.2. The maximum Gasteiger partial charge on any atom is 0.229 e. The average molecular weight is 339 g/mol. The molecule has 3 aromatic rings. The van der Waals surface area contributed by atoms with Gasteiger partial charge in [-0.3, -0.25) is 0 Å². The van der Waals surface area contributed by atoms with Crippen LogP contribution in [0.4, 0.5) is 23.1 Å². The SMILES string of the molecule is Clc1cnc2nc1Nc1cccc(c1)COCc1cccc(c1)N2. The molecule has 1 aliphatic heterocycles. The van der Waals surface area contributed by atoms with Crippen molar-refractivity contribution in [2.24, 2.45) is 0 Å². The third-order valence-corrected chi connectivity index (χ3v) is 3.93.